The Morgan fingerprint density at radius 2 is 2.15 bits per heavy atom. The minimum atomic E-state index is -3.38. The first-order chi connectivity index (χ1) is 5.95. The highest BCUT2D eigenvalue weighted by atomic mass is 79.9. The third kappa shape index (κ3) is 2.38. The number of sulfone groups is 1. The highest BCUT2D eigenvalue weighted by Crippen LogP contribution is 2.21. The summed E-state index contributed by atoms with van der Waals surface area (Å²) in [7, 11) is -1.97. The molecule has 1 rings (SSSR count). The third-order valence-corrected chi connectivity index (χ3v) is 2.62. The maximum atomic E-state index is 11.0. The molecule has 0 aliphatic carbocycles. The van der Waals surface area contributed by atoms with E-state index in [1.807, 2.05) is 0 Å². The first-order valence-corrected chi connectivity index (χ1v) is 5.90. The van der Waals surface area contributed by atoms with Crippen LogP contribution < -0.4 is 4.74 Å². The molecule has 1 aromatic rings. The van der Waals surface area contributed by atoms with Gasteiger partial charge in [0.2, 0.25) is 20.9 Å². The van der Waals surface area contributed by atoms with Crippen LogP contribution in [0.4, 0.5) is 0 Å². The van der Waals surface area contributed by atoms with E-state index >= 15 is 0 Å². The fraction of sp³-hybridized carbons (Fsp3) is 0.333. The van der Waals surface area contributed by atoms with Crippen molar-refractivity contribution < 1.29 is 13.2 Å². The van der Waals surface area contributed by atoms with Gasteiger partial charge in [0.15, 0.2) is 0 Å². The molecule has 0 atom stereocenters. The summed E-state index contributed by atoms with van der Waals surface area (Å²) in [6, 6.07) is 0. The molecule has 0 N–H and O–H groups in total. The number of methoxy groups -OCH3 is 1. The van der Waals surface area contributed by atoms with Gasteiger partial charge in [-0.05, 0) is 15.9 Å². The van der Waals surface area contributed by atoms with E-state index in [9.17, 15) is 8.42 Å². The standard InChI is InChI=1S/C6H7BrN2O3S/c1-12-5-4(7)3-8-6(9-5)13(2,10)11/h3H,1-2H3. The minimum absolute atomic E-state index is 0.204. The second kappa shape index (κ2) is 3.59. The Balaban J connectivity index is 3.30. The molecule has 0 aromatic carbocycles. The van der Waals surface area contributed by atoms with Crippen molar-refractivity contribution in [1.29, 1.82) is 0 Å². The van der Waals surface area contributed by atoms with Crippen molar-refractivity contribution >= 4 is 25.8 Å². The Morgan fingerprint density at radius 3 is 2.62 bits per heavy atom. The molecule has 0 saturated carbocycles. The lowest BCUT2D eigenvalue weighted by Crippen LogP contribution is -2.05. The Bertz CT molecular complexity index is 418. The molecular formula is C6H7BrN2O3S. The molecule has 0 aliphatic rings. The van der Waals surface area contributed by atoms with Crippen LogP contribution in [-0.4, -0.2) is 31.8 Å². The number of halogens is 1. The monoisotopic (exact) mass is 266 g/mol. The van der Waals surface area contributed by atoms with Gasteiger partial charge >= 0.3 is 0 Å². The number of rotatable bonds is 2. The summed E-state index contributed by atoms with van der Waals surface area (Å²) in [6.07, 6.45) is 2.37. The van der Waals surface area contributed by atoms with Crippen molar-refractivity contribution in [1.82, 2.24) is 9.97 Å². The summed E-state index contributed by atoms with van der Waals surface area (Å²) in [4.78, 5) is 7.33. The first-order valence-electron chi connectivity index (χ1n) is 3.21. The fourth-order valence-electron chi connectivity index (χ4n) is 0.658. The summed E-state index contributed by atoms with van der Waals surface area (Å²) in [5.74, 6) is 0.204. The molecule has 0 radical (unpaired) electrons. The summed E-state index contributed by atoms with van der Waals surface area (Å²) < 4.78 is 27.4. The van der Waals surface area contributed by atoms with Gasteiger partial charge in [0.05, 0.1) is 11.6 Å². The van der Waals surface area contributed by atoms with Crippen LogP contribution in [0.3, 0.4) is 0 Å². The smallest absolute Gasteiger partial charge is 0.250 e. The van der Waals surface area contributed by atoms with E-state index in [0.717, 1.165) is 6.26 Å². The number of ether oxygens (including phenoxy) is 1. The SMILES string of the molecule is COc1nc(S(C)(=O)=O)ncc1Br. The van der Waals surface area contributed by atoms with Crippen LogP contribution in [0.1, 0.15) is 0 Å². The van der Waals surface area contributed by atoms with E-state index < -0.39 is 9.84 Å². The summed E-state index contributed by atoms with van der Waals surface area (Å²) in [5.41, 5.74) is 0. The van der Waals surface area contributed by atoms with Gasteiger partial charge in [-0.25, -0.2) is 13.4 Å². The molecule has 7 heteroatoms. The van der Waals surface area contributed by atoms with Gasteiger partial charge in [-0.2, -0.15) is 4.98 Å². The van der Waals surface area contributed by atoms with E-state index in [2.05, 4.69) is 25.9 Å². The van der Waals surface area contributed by atoms with Gasteiger partial charge in [-0.3, -0.25) is 0 Å². The lowest BCUT2D eigenvalue weighted by Gasteiger charge is -2.02. The van der Waals surface area contributed by atoms with Crippen LogP contribution in [-0.2, 0) is 9.84 Å². The molecular weight excluding hydrogens is 260 g/mol. The zero-order chi connectivity index (χ0) is 10.1. The summed E-state index contributed by atoms with van der Waals surface area (Å²) >= 11 is 3.11. The number of nitrogens with zero attached hydrogens (tertiary/aromatic N) is 2. The molecule has 1 aromatic heterocycles. The van der Waals surface area contributed by atoms with E-state index in [4.69, 9.17) is 4.74 Å². The number of aromatic nitrogens is 2. The first kappa shape index (κ1) is 10.4. The Hall–Kier alpha value is -0.690. The average Bonchev–Trinajstić information content (AvgIpc) is 2.03. The fourth-order valence-corrected chi connectivity index (χ4v) is 1.50. The molecule has 0 aliphatic heterocycles. The van der Waals surface area contributed by atoms with Gasteiger partial charge < -0.3 is 4.74 Å². The molecule has 13 heavy (non-hydrogen) atoms. The maximum Gasteiger partial charge on any atom is 0.250 e. The predicted molar refractivity (Wildman–Crippen MR) is 49.4 cm³/mol. The zero-order valence-corrected chi connectivity index (χ0v) is 9.39. The van der Waals surface area contributed by atoms with E-state index in [0.29, 0.717) is 4.47 Å². The van der Waals surface area contributed by atoms with Crippen LogP contribution >= 0.6 is 15.9 Å². The molecule has 0 amide bonds. The topological polar surface area (TPSA) is 69.2 Å². The molecule has 0 spiro atoms. The van der Waals surface area contributed by atoms with E-state index in [1.54, 1.807) is 0 Å². The highest BCUT2D eigenvalue weighted by molar-refractivity contribution is 9.10. The normalized spacial score (nSPS) is 11.3. The van der Waals surface area contributed by atoms with Crippen molar-refractivity contribution in [2.45, 2.75) is 5.16 Å². The largest absolute Gasteiger partial charge is 0.480 e. The molecule has 72 valence electrons. The van der Waals surface area contributed by atoms with Crippen molar-refractivity contribution in [3.8, 4) is 5.88 Å². The van der Waals surface area contributed by atoms with Crippen LogP contribution in [0.5, 0.6) is 5.88 Å². The van der Waals surface area contributed by atoms with Gasteiger partial charge in [0.1, 0.15) is 0 Å². The second-order valence-corrected chi connectivity index (χ2v) is 5.05. The van der Waals surface area contributed by atoms with E-state index in [-0.39, 0.29) is 11.0 Å². The Kier molecular flexibility index (Phi) is 2.87. The maximum absolute atomic E-state index is 11.0. The Morgan fingerprint density at radius 1 is 1.54 bits per heavy atom. The lowest BCUT2D eigenvalue weighted by atomic mass is 10.6. The van der Waals surface area contributed by atoms with Gasteiger partial charge in [-0.15, -0.1) is 0 Å². The van der Waals surface area contributed by atoms with Gasteiger partial charge in [-0.1, -0.05) is 0 Å². The van der Waals surface area contributed by atoms with Crippen molar-refractivity contribution in [2.75, 3.05) is 13.4 Å². The van der Waals surface area contributed by atoms with Crippen molar-refractivity contribution in [3.63, 3.8) is 0 Å². The summed E-state index contributed by atoms with van der Waals surface area (Å²) in [6.45, 7) is 0. The quantitative estimate of drug-likeness (QED) is 0.736. The molecule has 0 fully saturated rings. The van der Waals surface area contributed by atoms with Crippen LogP contribution in [0.15, 0.2) is 15.8 Å². The highest BCUT2D eigenvalue weighted by Gasteiger charge is 2.13. The number of hydrogen-bond donors (Lipinski definition) is 0. The molecule has 0 saturated heterocycles. The number of hydrogen-bond acceptors (Lipinski definition) is 5. The van der Waals surface area contributed by atoms with Crippen LogP contribution in [0.25, 0.3) is 0 Å². The van der Waals surface area contributed by atoms with Crippen molar-refractivity contribution in [2.24, 2.45) is 0 Å². The van der Waals surface area contributed by atoms with Crippen molar-refractivity contribution in [3.05, 3.63) is 10.7 Å². The van der Waals surface area contributed by atoms with Gasteiger partial charge in [0, 0.05) is 12.5 Å². The minimum Gasteiger partial charge on any atom is -0.480 e. The summed E-state index contributed by atoms with van der Waals surface area (Å²) in [5, 5.41) is -0.243. The third-order valence-electron chi connectivity index (χ3n) is 1.21. The van der Waals surface area contributed by atoms with E-state index in [1.165, 1.54) is 13.3 Å². The van der Waals surface area contributed by atoms with Gasteiger partial charge in [0.25, 0.3) is 0 Å². The molecule has 5 nitrogen and oxygen atoms in total. The Labute approximate surface area is 84.2 Å². The molecule has 0 unspecified atom stereocenters. The lowest BCUT2D eigenvalue weighted by molar-refractivity contribution is 0.388. The second-order valence-electron chi connectivity index (χ2n) is 2.28. The van der Waals surface area contributed by atoms with Crippen LogP contribution in [0.2, 0.25) is 0 Å². The molecule has 0 bridgehead atoms. The molecule has 1 heterocycles. The average molecular weight is 267 g/mol. The predicted octanol–water partition coefficient (Wildman–Crippen LogP) is 0.651. The zero-order valence-electron chi connectivity index (χ0n) is 6.98. The van der Waals surface area contributed by atoms with Crippen LogP contribution in [0, 0.1) is 0 Å².